The number of ketones is 1. The zero-order valence-corrected chi connectivity index (χ0v) is 21.6. The highest BCUT2D eigenvalue weighted by molar-refractivity contribution is 7.47. The lowest BCUT2D eigenvalue weighted by atomic mass is 10.1. The Balaban J connectivity index is 1.18. The van der Waals surface area contributed by atoms with Gasteiger partial charge in [-0.05, 0) is 0 Å². The van der Waals surface area contributed by atoms with Gasteiger partial charge in [-0.15, -0.1) is 0 Å². The minimum Gasteiger partial charge on any atom is -0.394 e. The zero-order valence-electron chi connectivity index (χ0n) is 20.7. The number of hydrogen-bond donors (Lipinski definition) is 6. The summed E-state index contributed by atoms with van der Waals surface area (Å²) in [6.45, 7) is -1.46. The SMILES string of the molecule is Nc1ncnc2c1ncn2[C@@H]1O[C@H](COP(=O)(O)OC2C(O)[C@@H](CO)O[C@H]2n2cnc3c(N)ncnc32)C(=O)C1O. The summed E-state index contributed by atoms with van der Waals surface area (Å²) >= 11 is 0. The number of aliphatic hydroxyl groups is 3. The molecule has 2 aliphatic heterocycles. The number of anilines is 2. The van der Waals surface area contributed by atoms with E-state index in [-0.39, 0.29) is 34.0 Å². The molecule has 0 aromatic carbocycles. The second-order valence-electron chi connectivity index (χ2n) is 9.10. The quantitative estimate of drug-likeness (QED) is 0.114. The Labute approximate surface area is 228 Å². The largest absolute Gasteiger partial charge is 0.472 e. The van der Waals surface area contributed by atoms with Crippen molar-refractivity contribution < 1.29 is 48.1 Å². The lowest BCUT2D eigenvalue weighted by Gasteiger charge is -2.24. The molecule has 0 bridgehead atoms. The van der Waals surface area contributed by atoms with E-state index in [1.807, 2.05) is 0 Å². The van der Waals surface area contributed by atoms with Crippen LogP contribution in [0.3, 0.4) is 0 Å². The Morgan fingerprint density at radius 1 is 0.927 bits per heavy atom. The van der Waals surface area contributed by atoms with Gasteiger partial charge in [0.2, 0.25) is 0 Å². The van der Waals surface area contributed by atoms with E-state index in [9.17, 15) is 29.6 Å². The second kappa shape index (κ2) is 10.3. The average Bonchev–Trinajstić information content (AvgIpc) is 3.70. The van der Waals surface area contributed by atoms with Crippen molar-refractivity contribution >= 4 is 47.6 Å². The van der Waals surface area contributed by atoms with Crippen LogP contribution in [0.2, 0.25) is 0 Å². The highest BCUT2D eigenvalue weighted by atomic mass is 31.2. The van der Waals surface area contributed by atoms with Gasteiger partial charge in [0, 0.05) is 0 Å². The molecule has 41 heavy (non-hydrogen) atoms. The lowest BCUT2D eigenvalue weighted by molar-refractivity contribution is -0.128. The normalized spacial score (nSPS) is 30.0. The number of rotatable bonds is 8. The van der Waals surface area contributed by atoms with Gasteiger partial charge >= 0.3 is 7.82 Å². The molecule has 0 amide bonds. The molecule has 8 atom stereocenters. The minimum atomic E-state index is -5.03. The van der Waals surface area contributed by atoms with Crippen molar-refractivity contribution in [1.29, 1.82) is 0 Å². The highest BCUT2D eigenvalue weighted by Crippen LogP contribution is 2.50. The third-order valence-corrected chi connectivity index (χ3v) is 7.63. The summed E-state index contributed by atoms with van der Waals surface area (Å²) in [6.07, 6.45) is -5.32. The van der Waals surface area contributed by atoms with Crippen LogP contribution in [-0.2, 0) is 27.9 Å². The number of phosphoric ester groups is 1. The molecular weight excluding hydrogens is 571 g/mol. The molecule has 0 spiro atoms. The van der Waals surface area contributed by atoms with E-state index >= 15 is 0 Å². The third-order valence-electron chi connectivity index (χ3n) is 6.64. The average molecular weight is 594 g/mol. The van der Waals surface area contributed by atoms with Crippen LogP contribution in [0.25, 0.3) is 22.3 Å². The highest BCUT2D eigenvalue weighted by Gasteiger charge is 2.50. The van der Waals surface area contributed by atoms with Crippen molar-refractivity contribution in [2.75, 3.05) is 24.7 Å². The molecule has 20 nitrogen and oxygen atoms in total. The molecule has 21 heteroatoms. The van der Waals surface area contributed by atoms with Gasteiger partial charge in [-0.3, -0.25) is 23.0 Å². The number of aliphatic hydroxyl groups excluding tert-OH is 3. The molecule has 0 aliphatic carbocycles. The molecule has 8 N–H and O–H groups in total. The minimum absolute atomic E-state index is 0.0564. The molecule has 4 aromatic rings. The number of nitrogen functional groups attached to an aromatic ring is 2. The molecular formula is C20H23N10O10P. The van der Waals surface area contributed by atoms with Gasteiger partial charge < -0.3 is 41.2 Å². The van der Waals surface area contributed by atoms with Crippen molar-refractivity contribution in [1.82, 2.24) is 39.0 Å². The number of nitrogens with zero attached hydrogens (tertiary/aromatic N) is 8. The van der Waals surface area contributed by atoms with Crippen LogP contribution in [0.1, 0.15) is 12.5 Å². The first-order valence-electron chi connectivity index (χ1n) is 11.9. The van der Waals surface area contributed by atoms with E-state index in [1.54, 1.807) is 0 Å². The Hall–Kier alpha value is -3.72. The first kappa shape index (κ1) is 27.4. The van der Waals surface area contributed by atoms with Crippen LogP contribution < -0.4 is 11.5 Å². The predicted molar refractivity (Wildman–Crippen MR) is 132 cm³/mol. The summed E-state index contributed by atoms with van der Waals surface area (Å²) in [5.41, 5.74) is 12.4. The van der Waals surface area contributed by atoms with Crippen LogP contribution in [-0.4, -0.2) is 109 Å². The van der Waals surface area contributed by atoms with Crippen molar-refractivity contribution in [2.24, 2.45) is 0 Å². The molecule has 6 rings (SSSR count). The number of carbonyl (C=O) groups excluding carboxylic acids is 1. The topological polar surface area (TPSA) is 291 Å². The number of fused-ring (bicyclic) bond motifs is 2. The standard InChI is InChI=1S/C20H23N10O10P/c21-15-9-17(25-3-23-15)29(5-27-9)19-13(34)11(32)8(39-19)2-37-41(35,36)40-14-12(33)7(1-31)38-20(14)30-6-28-10-16(22)24-4-26-18(10)30/h3-8,12-14,19-20,31,33-34H,1-2H2,(H,35,36)(H2,21,23,25)(H2,22,24,26)/t7-,8-,12?,13?,14?,19-,20-/m1/s1. The Morgan fingerprint density at radius 3 is 2.10 bits per heavy atom. The number of ether oxygens (including phenoxy) is 2. The summed E-state index contributed by atoms with van der Waals surface area (Å²) in [6, 6.07) is 0. The number of Topliss-reactive ketones (excluding diaryl/α,β-unsaturated/α-hetero) is 1. The van der Waals surface area contributed by atoms with E-state index in [0.717, 1.165) is 6.33 Å². The zero-order chi connectivity index (χ0) is 29.1. The fourth-order valence-corrected chi connectivity index (χ4v) is 5.57. The molecule has 218 valence electrons. The Kier molecular flexibility index (Phi) is 6.88. The lowest BCUT2D eigenvalue weighted by Crippen LogP contribution is -2.35. The second-order valence-corrected chi connectivity index (χ2v) is 10.5. The van der Waals surface area contributed by atoms with E-state index < -0.39 is 69.8 Å². The van der Waals surface area contributed by atoms with Crippen molar-refractivity contribution in [3.05, 3.63) is 25.3 Å². The van der Waals surface area contributed by atoms with Gasteiger partial charge in [-0.1, -0.05) is 0 Å². The third kappa shape index (κ3) is 4.70. The smallest absolute Gasteiger partial charge is 0.394 e. The summed E-state index contributed by atoms with van der Waals surface area (Å²) in [5, 5.41) is 30.8. The maximum Gasteiger partial charge on any atom is 0.472 e. The van der Waals surface area contributed by atoms with Gasteiger partial charge in [-0.25, -0.2) is 34.5 Å². The summed E-state index contributed by atoms with van der Waals surface area (Å²) in [7, 11) is -5.03. The number of imidazole rings is 2. The van der Waals surface area contributed by atoms with Gasteiger partial charge in [0.15, 0.2) is 47.3 Å². The van der Waals surface area contributed by atoms with Crippen LogP contribution in [0.5, 0.6) is 0 Å². The molecule has 0 saturated carbocycles. The van der Waals surface area contributed by atoms with Crippen LogP contribution in [0.4, 0.5) is 11.6 Å². The molecule has 4 aromatic heterocycles. The number of carbonyl (C=O) groups is 1. The molecule has 2 aliphatic rings. The van der Waals surface area contributed by atoms with Crippen molar-refractivity contribution in [3.8, 4) is 0 Å². The van der Waals surface area contributed by atoms with E-state index in [0.29, 0.717) is 0 Å². The number of aromatic nitrogens is 8. The first-order valence-corrected chi connectivity index (χ1v) is 13.4. The van der Waals surface area contributed by atoms with Gasteiger partial charge in [-0.2, -0.15) is 0 Å². The fourth-order valence-electron chi connectivity index (χ4n) is 4.65. The fraction of sp³-hybridized carbons (Fsp3) is 0.450. The van der Waals surface area contributed by atoms with E-state index in [2.05, 4.69) is 29.9 Å². The van der Waals surface area contributed by atoms with Gasteiger partial charge in [0.05, 0.1) is 25.9 Å². The monoisotopic (exact) mass is 594 g/mol. The van der Waals surface area contributed by atoms with Gasteiger partial charge in [0.25, 0.3) is 0 Å². The molecule has 2 fully saturated rings. The summed E-state index contributed by atoms with van der Waals surface area (Å²) < 4.78 is 37.0. The number of hydrogen-bond acceptors (Lipinski definition) is 17. The first-order chi connectivity index (χ1) is 19.6. The maximum absolute atomic E-state index is 12.9. The maximum atomic E-state index is 12.9. The van der Waals surface area contributed by atoms with E-state index in [1.165, 1.54) is 28.1 Å². The number of phosphoric acid groups is 1. The molecule has 4 unspecified atom stereocenters. The predicted octanol–water partition coefficient (Wildman–Crippen LogP) is -2.59. The van der Waals surface area contributed by atoms with Crippen LogP contribution in [0.15, 0.2) is 25.3 Å². The molecule has 2 saturated heterocycles. The Bertz CT molecular complexity index is 1670. The Morgan fingerprint density at radius 2 is 1.51 bits per heavy atom. The van der Waals surface area contributed by atoms with E-state index in [4.69, 9.17) is 30.0 Å². The number of nitrogens with two attached hydrogens (primary N) is 2. The van der Waals surface area contributed by atoms with Crippen LogP contribution in [0, 0.1) is 0 Å². The molecule has 0 radical (unpaired) electrons. The van der Waals surface area contributed by atoms with Crippen LogP contribution >= 0.6 is 7.82 Å². The van der Waals surface area contributed by atoms with Gasteiger partial charge in [0.1, 0.15) is 48.1 Å². The van der Waals surface area contributed by atoms with Crippen molar-refractivity contribution in [2.45, 2.75) is 43.0 Å². The van der Waals surface area contributed by atoms with Crippen molar-refractivity contribution in [3.63, 3.8) is 0 Å². The summed E-state index contributed by atoms with van der Waals surface area (Å²) in [4.78, 5) is 47.1. The molecule has 6 heterocycles. The summed E-state index contributed by atoms with van der Waals surface area (Å²) in [5.74, 6) is -0.713.